The third-order valence-corrected chi connectivity index (χ3v) is 4.03. The lowest BCUT2D eigenvalue weighted by molar-refractivity contribution is -0.144. The first-order valence-corrected chi connectivity index (χ1v) is 7.83. The minimum absolute atomic E-state index is 0.0301. The van der Waals surface area contributed by atoms with Crippen LogP contribution in [0.3, 0.4) is 0 Å². The van der Waals surface area contributed by atoms with Crippen molar-refractivity contribution < 1.29 is 29.0 Å². The highest BCUT2D eigenvalue weighted by Gasteiger charge is 2.28. The number of carbonyl (C=O) groups is 3. The van der Waals surface area contributed by atoms with E-state index in [1.165, 1.54) is 12.0 Å². The van der Waals surface area contributed by atoms with E-state index in [9.17, 15) is 14.4 Å². The van der Waals surface area contributed by atoms with Crippen molar-refractivity contribution in [3.05, 3.63) is 29.8 Å². The molecule has 1 aromatic carbocycles. The maximum absolute atomic E-state index is 12.0. The van der Waals surface area contributed by atoms with Crippen molar-refractivity contribution in [3.63, 3.8) is 0 Å². The predicted octanol–water partition coefficient (Wildman–Crippen LogP) is 2.34. The standard InChI is InChI=1S/C17H21NO6/c1-23-14-7-4-5-12(9-14)15(19)11-24-16(20)10-13-6-2-3-8-18(13)17(21)22/h4-5,7,9,13H,2-3,6,8,10-11H2,1H3,(H,21,22). The molecule has 0 bridgehead atoms. The maximum Gasteiger partial charge on any atom is 0.407 e. The van der Waals surface area contributed by atoms with Crippen LogP contribution in [0, 0.1) is 0 Å². The lowest BCUT2D eigenvalue weighted by atomic mass is 10.00. The maximum atomic E-state index is 12.0. The molecule has 0 aromatic heterocycles. The minimum Gasteiger partial charge on any atom is -0.497 e. The van der Waals surface area contributed by atoms with Gasteiger partial charge in [0.05, 0.1) is 13.5 Å². The zero-order chi connectivity index (χ0) is 17.5. The third-order valence-electron chi connectivity index (χ3n) is 4.03. The van der Waals surface area contributed by atoms with Gasteiger partial charge in [0, 0.05) is 18.2 Å². The van der Waals surface area contributed by atoms with Crippen LogP contribution in [0.1, 0.15) is 36.0 Å². The zero-order valence-corrected chi connectivity index (χ0v) is 13.6. The van der Waals surface area contributed by atoms with Gasteiger partial charge >= 0.3 is 12.1 Å². The van der Waals surface area contributed by atoms with Gasteiger partial charge in [-0.2, -0.15) is 0 Å². The fourth-order valence-electron chi connectivity index (χ4n) is 2.74. The van der Waals surface area contributed by atoms with Gasteiger partial charge in [-0.15, -0.1) is 0 Å². The van der Waals surface area contributed by atoms with E-state index in [1.54, 1.807) is 24.3 Å². The number of ether oxygens (including phenoxy) is 2. The molecule has 24 heavy (non-hydrogen) atoms. The highest BCUT2D eigenvalue weighted by Crippen LogP contribution is 2.20. The number of carbonyl (C=O) groups excluding carboxylic acids is 2. The molecule has 1 unspecified atom stereocenters. The van der Waals surface area contributed by atoms with Crippen molar-refractivity contribution in [1.29, 1.82) is 0 Å². The van der Waals surface area contributed by atoms with Crippen molar-refractivity contribution in [1.82, 2.24) is 4.90 Å². The number of esters is 1. The number of Topliss-reactive ketones (excluding diaryl/α,β-unsaturated/α-hetero) is 1. The van der Waals surface area contributed by atoms with Crippen molar-refractivity contribution in [2.75, 3.05) is 20.3 Å². The predicted molar refractivity (Wildman–Crippen MR) is 85.3 cm³/mol. The van der Waals surface area contributed by atoms with Gasteiger partial charge in [0.1, 0.15) is 5.75 Å². The lowest BCUT2D eigenvalue weighted by Gasteiger charge is -2.32. The molecule has 0 aliphatic carbocycles. The Morgan fingerprint density at radius 2 is 2.08 bits per heavy atom. The number of carboxylic acid groups (broad SMARTS) is 1. The zero-order valence-electron chi connectivity index (χ0n) is 13.6. The Morgan fingerprint density at radius 3 is 2.79 bits per heavy atom. The Labute approximate surface area is 140 Å². The Balaban J connectivity index is 1.85. The SMILES string of the molecule is COc1cccc(C(=O)COC(=O)CC2CCCCN2C(=O)O)c1. The number of methoxy groups -OCH3 is 1. The molecule has 0 radical (unpaired) electrons. The Bertz CT molecular complexity index is 615. The molecule has 1 aromatic rings. The largest absolute Gasteiger partial charge is 0.497 e. The smallest absolute Gasteiger partial charge is 0.407 e. The van der Waals surface area contributed by atoms with Crippen LogP contribution in [0.5, 0.6) is 5.75 Å². The second-order valence-corrected chi connectivity index (χ2v) is 5.65. The topological polar surface area (TPSA) is 93.1 Å². The van der Waals surface area contributed by atoms with Gasteiger partial charge in [-0.1, -0.05) is 12.1 Å². The number of amides is 1. The van der Waals surface area contributed by atoms with Gasteiger partial charge in [-0.3, -0.25) is 9.59 Å². The minimum atomic E-state index is -1.03. The van der Waals surface area contributed by atoms with Crippen molar-refractivity contribution in [2.45, 2.75) is 31.7 Å². The summed E-state index contributed by atoms with van der Waals surface area (Å²) in [5, 5.41) is 9.15. The number of benzene rings is 1. The quantitative estimate of drug-likeness (QED) is 0.633. The molecule has 2 rings (SSSR count). The second kappa shape index (κ2) is 8.33. The fraction of sp³-hybridized carbons (Fsp3) is 0.471. The number of rotatable bonds is 6. The Hall–Kier alpha value is -2.57. The third kappa shape index (κ3) is 4.71. The fourth-order valence-corrected chi connectivity index (χ4v) is 2.74. The summed E-state index contributed by atoms with van der Waals surface area (Å²) < 4.78 is 10.1. The van der Waals surface area contributed by atoms with Crippen LogP contribution in [-0.2, 0) is 9.53 Å². The van der Waals surface area contributed by atoms with Gasteiger partial charge in [-0.25, -0.2) is 4.79 Å². The summed E-state index contributed by atoms with van der Waals surface area (Å²) in [6.45, 7) is 0.0574. The summed E-state index contributed by atoms with van der Waals surface area (Å²) in [6.07, 6.45) is 1.25. The van der Waals surface area contributed by atoms with Gasteiger partial charge in [0.25, 0.3) is 0 Å². The highest BCUT2D eigenvalue weighted by atomic mass is 16.5. The Morgan fingerprint density at radius 1 is 1.29 bits per heavy atom. The van der Waals surface area contributed by atoms with Gasteiger partial charge in [0.2, 0.25) is 0 Å². The van der Waals surface area contributed by atoms with Crippen LogP contribution in [0.2, 0.25) is 0 Å². The van der Waals surface area contributed by atoms with Gasteiger partial charge in [0.15, 0.2) is 12.4 Å². The monoisotopic (exact) mass is 335 g/mol. The van der Waals surface area contributed by atoms with Crippen molar-refractivity contribution in [2.24, 2.45) is 0 Å². The summed E-state index contributed by atoms with van der Waals surface area (Å²) in [5.41, 5.74) is 0.395. The molecule has 1 fully saturated rings. The van der Waals surface area contributed by atoms with Crippen LogP contribution in [0.4, 0.5) is 4.79 Å². The summed E-state index contributed by atoms with van der Waals surface area (Å²) in [4.78, 5) is 36.4. The number of hydrogen-bond donors (Lipinski definition) is 1. The van der Waals surface area contributed by atoms with Crippen molar-refractivity contribution >= 4 is 17.8 Å². The highest BCUT2D eigenvalue weighted by molar-refractivity contribution is 5.98. The van der Waals surface area contributed by atoms with E-state index in [-0.39, 0.29) is 24.9 Å². The number of nitrogens with zero attached hydrogens (tertiary/aromatic N) is 1. The molecule has 7 heteroatoms. The molecule has 1 atom stereocenters. The van der Waals surface area contributed by atoms with Gasteiger partial charge < -0.3 is 19.5 Å². The van der Waals surface area contributed by atoms with E-state index < -0.39 is 12.1 Å². The van der Waals surface area contributed by atoms with E-state index in [1.807, 2.05) is 0 Å². The van der Waals surface area contributed by atoms with Crippen LogP contribution in [-0.4, -0.2) is 54.2 Å². The second-order valence-electron chi connectivity index (χ2n) is 5.65. The summed E-state index contributed by atoms with van der Waals surface area (Å²) in [5.74, 6) is -0.350. The van der Waals surface area contributed by atoms with E-state index in [2.05, 4.69) is 0 Å². The van der Waals surface area contributed by atoms with E-state index in [0.29, 0.717) is 24.3 Å². The summed E-state index contributed by atoms with van der Waals surface area (Å²) in [7, 11) is 1.50. The number of ketones is 1. The first-order chi connectivity index (χ1) is 11.5. The van der Waals surface area contributed by atoms with Gasteiger partial charge in [-0.05, 0) is 31.4 Å². The number of hydrogen-bond acceptors (Lipinski definition) is 5. The first kappa shape index (κ1) is 17.8. The number of likely N-dealkylation sites (tertiary alicyclic amines) is 1. The molecule has 7 nitrogen and oxygen atoms in total. The molecule has 1 aliphatic heterocycles. The van der Waals surface area contributed by atoms with Crippen LogP contribution in [0.25, 0.3) is 0 Å². The summed E-state index contributed by atoms with van der Waals surface area (Å²) in [6, 6.07) is 6.21. The van der Waals surface area contributed by atoms with E-state index in [0.717, 1.165) is 12.8 Å². The molecule has 0 spiro atoms. The molecule has 1 aliphatic rings. The van der Waals surface area contributed by atoms with Crippen molar-refractivity contribution in [3.8, 4) is 5.75 Å². The molecular formula is C17H21NO6. The molecule has 1 saturated heterocycles. The first-order valence-electron chi connectivity index (χ1n) is 7.83. The van der Waals surface area contributed by atoms with E-state index in [4.69, 9.17) is 14.6 Å². The van der Waals surface area contributed by atoms with Crippen LogP contribution in [0.15, 0.2) is 24.3 Å². The van der Waals surface area contributed by atoms with Crippen LogP contribution < -0.4 is 4.74 Å². The molecule has 1 N–H and O–H groups in total. The molecule has 1 heterocycles. The lowest BCUT2D eigenvalue weighted by Crippen LogP contribution is -2.44. The Kier molecular flexibility index (Phi) is 6.17. The average molecular weight is 335 g/mol. The average Bonchev–Trinajstić information content (AvgIpc) is 2.60. The molecule has 130 valence electrons. The normalized spacial score (nSPS) is 17.2. The summed E-state index contributed by atoms with van der Waals surface area (Å²) >= 11 is 0. The molecule has 0 saturated carbocycles. The number of piperidine rings is 1. The molecule has 1 amide bonds. The molecular weight excluding hydrogens is 314 g/mol. The van der Waals surface area contributed by atoms with E-state index >= 15 is 0 Å². The van der Waals surface area contributed by atoms with Crippen LogP contribution >= 0.6 is 0 Å².